The van der Waals surface area contributed by atoms with E-state index in [2.05, 4.69) is 10.3 Å². The summed E-state index contributed by atoms with van der Waals surface area (Å²) >= 11 is 6.04. The van der Waals surface area contributed by atoms with Gasteiger partial charge in [-0.25, -0.2) is 0 Å². The molecule has 1 aromatic rings. The zero-order valence-corrected chi connectivity index (χ0v) is 9.79. The van der Waals surface area contributed by atoms with E-state index in [-0.39, 0.29) is 11.9 Å². The van der Waals surface area contributed by atoms with Gasteiger partial charge in [-0.2, -0.15) is 0 Å². The van der Waals surface area contributed by atoms with Crippen LogP contribution in [-0.4, -0.2) is 17.8 Å². The van der Waals surface area contributed by atoms with Crippen molar-refractivity contribution in [2.75, 3.05) is 0 Å². The van der Waals surface area contributed by atoms with Crippen molar-refractivity contribution in [1.29, 1.82) is 0 Å². The molecular weight excluding hydrogens is 224 g/mol. The number of amidine groups is 1. The Hall–Kier alpha value is -1.35. The largest absolute Gasteiger partial charge is 0.312 e. The molecule has 1 aromatic carbocycles. The van der Waals surface area contributed by atoms with Gasteiger partial charge >= 0.3 is 0 Å². The molecule has 0 saturated heterocycles. The number of hydrogen-bond acceptors (Lipinski definition) is 2. The SMILES string of the molecule is CCC1N=C(Cc2ccccc2Cl)NC1=O. The number of halogens is 1. The Bertz CT molecular complexity index is 442. The standard InChI is InChI=1S/C12H13ClN2O/c1-2-10-12(16)15-11(14-10)7-8-5-3-4-6-9(8)13/h3-6,10H,2,7H2,1H3,(H,14,15,16). The quantitative estimate of drug-likeness (QED) is 0.859. The highest BCUT2D eigenvalue weighted by Crippen LogP contribution is 2.17. The molecule has 3 nitrogen and oxygen atoms in total. The van der Waals surface area contributed by atoms with Gasteiger partial charge in [0.2, 0.25) is 5.91 Å². The summed E-state index contributed by atoms with van der Waals surface area (Å²) in [5, 5.41) is 3.49. The van der Waals surface area contributed by atoms with Gasteiger partial charge in [-0.05, 0) is 18.1 Å². The van der Waals surface area contributed by atoms with Crippen LogP contribution in [0.1, 0.15) is 18.9 Å². The predicted octanol–water partition coefficient (Wildman–Crippen LogP) is 2.19. The van der Waals surface area contributed by atoms with E-state index in [1.807, 2.05) is 31.2 Å². The molecule has 84 valence electrons. The fourth-order valence-electron chi connectivity index (χ4n) is 1.69. The molecule has 0 spiro atoms. The van der Waals surface area contributed by atoms with Gasteiger partial charge in [0, 0.05) is 11.4 Å². The highest BCUT2D eigenvalue weighted by molar-refractivity contribution is 6.31. The maximum atomic E-state index is 11.4. The normalized spacial score (nSPS) is 19.5. The maximum Gasteiger partial charge on any atom is 0.250 e. The van der Waals surface area contributed by atoms with Crippen molar-refractivity contribution in [3.63, 3.8) is 0 Å². The van der Waals surface area contributed by atoms with Crippen molar-refractivity contribution in [1.82, 2.24) is 5.32 Å². The first kappa shape index (κ1) is 11.1. The monoisotopic (exact) mass is 236 g/mol. The van der Waals surface area contributed by atoms with Crippen LogP contribution < -0.4 is 5.32 Å². The van der Waals surface area contributed by atoms with Gasteiger partial charge in [0.1, 0.15) is 11.9 Å². The maximum absolute atomic E-state index is 11.4. The van der Waals surface area contributed by atoms with Crippen molar-refractivity contribution in [3.8, 4) is 0 Å². The van der Waals surface area contributed by atoms with E-state index in [1.54, 1.807) is 0 Å². The summed E-state index contributed by atoms with van der Waals surface area (Å²) in [6.45, 7) is 1.95. The van der Waals surface area contributed by atoms with Gasteiger partial charge in [-0.15, -0.1) is 0 Å². The Labute approximate surface area is 99.5 Å². The van der Waals surface area contributed by atoms with E-state index in [4.69, 9.17) is 11.6 Å². The number of aliphatic imine (C=N–C) groups is 1. The Morgan fingerprint density at radius 2 is 2.19 bits per heavy atom. The molecule has 1 atom stereocenters. The number of carbonyl (C=O) groups excluding carboxylic acids is 1. The van der Waals surface area contributed by atoms with Gasteiger partial charge in [0.15, 0.2) is 0 Å². The lowest BCUT2D eigenvalue weighted by Crippen LogP contribution is -2.29. The number of amides is 1. The lowest BCUT2D eigenvalue weighted by Gasteiger charge is -2.03. The first-order valence-electron chi connectivity index (χ1n) is 5.31. The van der Waals surface area contributed by atoms with Crippen LogP contribution in [0.5, 0.6) is 0 Å². The number of carbonyl (C=O) groups is 1. The van der Waals surface area contributed by atoms with Gasteiger partial charge < -0.3 is 5.32 Å². The first-order valence-corrected chi connectivity index (χ1v) is 5.69. The van der Waals surface area contributed by atoms with E-state index in [0.29, 0.717) is 17.3 Å². The van der Waals surface area contributed by atoms with Crippen LogP contribution in [0.15, 0.2) is 29.3 Å². The summed E-state index contributed by atoms with van der Waals surface area (Å²) < 4.78 is 0. The smallest absolute Gasteiger partial charge is 0.250 e. The van der Waals surface area contributed by atoms with E-state index < -0.39 is 0 Å². The average molecular weight is 237 g/mol. The Kier molecular flexibility index (Phi) is 3.25. The molecule has 2 rings (SSSR count). The van der Waals surface area contributed by atoms with Crippen LogP contribution in [0.2, 0.25) is 5.02 Å². The zero-order chi connectivity index (χ0) is 11.5. The molecule has 0 bridgehead atoms. The molecule has 16 heavy (non-hydrogen) atoms. The lowest BCUT2D eigenvalue weighted by atomic mass is 10.1. The highest BCUT2D eigenvalue weighted by atomic mass is 35.5. The molecule has 0 radical (unpaired) electrons. The molecule has 1 N–H and O–H groups in total. The molecule has 4 heteroatoms. The number of benzene rings is 1. The summed E-state index contributed by atoms with van der Waals surface area (Å²) in [5.41, 5.74) is 0.986. The molecule has 1 unspecified atom stereocenters. The van der Waals surface area contributed by atoms with Crippen molar-refractivity contribution in [2.24, 2.45) is 4.99 Å². The Balaban J connectivity index is 2.12. The Morgan fingerprint density at radius 3 is 2.81 bits per heavy atom. The fraction of sp³-hybridized carbons (Fsp3) is 0.333. The molecular formula is C12H13ClN2O. The van der Waals surface area contributed by atoms with Crippen molar-refractivity contribution in [3.05, 3.63) is 34.9 Å². The first-order chi connectivity index (χ1) is 7.70. The van der Waals surface area contributed by atoms with Crippen LogP contribution in [0.25, 0.3) is 0 Å². The molecule has 1 heterocycles. The Morgan fingerprint density at radius 1 is 1.44 bits per heavy atom. The summed E-state index contributed by atoms with van der Waals surface area (Å²) in [4.78, 5) is 15.8. The van der Waals surface area contributed by atoms with E-state index in [9.17, 15) is 4.79 Å². The molecule has 0 aromatic heterocycles. The third-order valence-corrected chi connectivity index (χ3v) is 2.95. The summed E-state index contributed by atoms with van der Waals surface area (Å²) in [6, 6.07) is 7.37. The van der Waals surface area contributed by atoms with Crippen LogP contribution >= 0.6 is 11.6 Å². The number of rotatable bonds is 3. The number of nitrogens with zero attached hydrogens (tertiary/aromatic N) is 1. The minimum Gasteiger partial charge on any atom is -0.312 e. The number of nitrogens with one attached hydrogen (secondary N) is 1. The van der Waals surface area contributed by atoms with Gasteiger partial charge in [-0.1, -0.05) is 36.7 Å². The number of hydrogen-bond donors (Lipinski definition) is 1. The van der Waals surface area contributed by atoms with Gasteiger partial charge in [0.05, 0.1) is 0 Å². The molecule has 0 fully saturated rings. The van der Waals surface area contributed by atoms with E-state index in [1.165, 1.54) is 0 Å². The lowest BCUT2D eigenvalue weighted by molar-refractivity contribution is -0.120. The van der Waals surface area contributed by atoms with Crippen LogP contribution in [0.3, 0.4) is 0 Å². The second-order valence-corrected chi connectivity index (χ2v) is 4.16. The fourth-order valence-corrected chi connectivity index (χ4v) is 1.90. The molecule has 1 aliphatic heterocycles. The van der Waals surface area contributed by atoms with Crippen LogP contribution in [-0.2, 0) is 11.2 Å². The second-order valence-electron chi connectivity index (χ2n) is 3.76. The second kappa shape index (κ2) is 4.66. The van der Waals surface area contributed by atoms with Gasteiger partial charge in [0.25, 0.3) is 0 Å². The molecule has 0 saturated carbocycles. The third-order valence-electron chi connectivity index (χ3n) is 2.58. The van der Waals surface area contributed by atoms with Gasteiger partial charge in [-0.3, -0.25) is 9.79 Å². The van der Waals surface area contributed by atoms with E-state index >= 15 is 0 Å². The third kappa shape index (κ3) is 2.25. The van der Waals surface area contributed by atoms with Crippen molar-refractivity contribution < 1.29 is 4.79 Å². The highest BCUT2D eigenvalue weighted by Gasteiger charge is 2.24. The zero-order valence-electron chi connectivity index (χ0n) is 9.03. The molecule has 1 aliphatic rings. The summed E-state index contributed by atoms with van der Waals surface area (Å²) in [5.74, 6) is 0.703. The summed E-state index contributed by atoms with van der Waals surface area (Å²) in [6.07, 6.45) is 1.32. The molecule has 1 amide bonds. The summed E-state index contributed by atoms with van der Waals surface area (Å²) in [7, 11) is 0. The minimum atomic E-state index is -0.225. The van der Waals surface area contributed by atoms with E-state index in [0.717, 1.165) is 12.0 Å². The van der Waals surface area contributed by atoms with Crippen LogP contribution in [0.4, 0.5) is 0 Å². The van der Waals surface area contributed by atoms with Crippen molar-refractivity contribution in [2.45, 2.75) is 25.8 Å². The van der Waals surface area contributed by atoms with Crippen LogP contribution in [0, 0.1) is 0 Å². The molecule has 0 aliphatic carbocycles. The predicted molar refractivity (Wildman–Crippen MR) is 64.8 cm³/mol. The minimum absolute atomic E-state index is 0.00967. The van der Waals surface area contributed by atoms with Crippen molar-refractivity contribution >= 4 is 23.3 Å². The average Bonchev–Trinajstić information content (AvgIpc) is 2.62. The topological polar surface area (TPSA) is 41.5 Å².